The average Bonchev–Trinajstić information content (AvgIpc) is 2.74. The van der Waals surface area contributed by atoms with Gasteiger partial charge in [0.2, 0.25) is 0 Å². The molecule has 1 aromatic heterocycles. The third-order valence-electron chi connectivity index (χ3n) is 3.90. The lowest BCUT2D eigenvalue weighted by molar-refractivity contribution is -0.146. The summed E-state index contributed by atoms with van der Waals surface area (Å²) < 4.78 is 10.1. The molecule has 5 nitrogen and oxygen atoms in total. The van der Waals surface area contributed by atoms with Crippen molar-refractivity contribution in [1.82, 2.24) is 5.32 Å². The van der Waals surface area contributed by atoms with E-state index in [9.17, 15) is 9.59 Å². The van der Waals surface area contributed by atoms with Crippen LogP contribution in [-0.4, -0.2) is 25.0 Å². The minimum atomic E-state index is -0.262. The van der Waals surface area contributed by atoms with Gasteiger partial charge < -0.3 is 14.5 Å². The topological polar surface area (TPSA) is 68.5 Å². The van der Waals surface area contributed by atoms with Crippen molar-refractivity contribution < 1.29 is 18.7 Å². The number of esters is 1. The van der Waals surface area contributed by atoms with Crippen LogP contribution in [0, 0.1) is 12.8 Å². The first-order valence-corrected chi connectivity index (χ1v) is 7.06. The first-order chi connectivity index (χ1) is 9.63. The Morgan fingerprint density at radius 3 is 2.70 bits per heavy atom. The maximum absolute atomic E-state index is 12.2. The van der Waals surface area contributed by atoms with Crippen molar-refractivity contribution >= 4 is 11.9 Å². The molecule has 0 radical (unpaired) electrons. The minimum absolute atomic E-state index is 0.179. The molecule has 1 saturated carbocycles. The van der Waals surface area contributed by atoms with E-state index in [1.165, 1.54) is 13.4 Å². The summed E-state index contributed by atoms with van der Waals surface area (Å²) in [6, 6.07) is 1.57. The molecular formula is C15H21NO4. The second kappa shape index (κ2) is 6.59. The highest BCUT2D eigenvalue weighted by Gasteiger charge is 2.32. The molecule has 20 heavy (non-hydrogen) atoms. The molecule has 0 unspecified atom stereocenters. The second-order valence-corrected chi connectivity index (χ2v) is 5.28. The number of furan rings is 1. The Morgan fingerprint density at radius 1 is 1.30 bits per heavy atom. The zero-order valence-corrected chi connectivity index (χ0v) is 12.0. The molecule has 1 aliphatic carbocycles. The van der Waals surface area contributed by atoms with Gasteiger partial charge in [0.05, 0.1) is 19.3 Å². The summed E-state index contributed by atoms with van der Waals surface area (Å²) in [4.78, 5) is 24.1. The number of hydrogen-bond acceptors (Lipinski definition) is 4. The Kier molecular flexibility index (Phi) is 4.82. The van der Waals surface area contributed by atoms with Crippen LogP contribution in [0.5, 0.6) is 0 Å². The molecule has 1 aromatic rings. The number of aryl methyl sites for hydroxylation is 1. The van der Waals surface area contributed by atoms with Crippen LogP contribution >= 0.6 is 0 Å². The van der Waals surface area contributed by atoms with Crippen LogP contribution in [0.4, 0.5) is 0 Å². The lowest BCUT2D eigenvalue weighted by Crippen LogP contribution is -2.43. The quantitative estimate of drug-likeness (QED) is 0.681. The summed E-state index contributed by atoms with van der Waals surface area (Å²) in [5, 5.41) is 2.93. The van der Waals surface area contributed by atoms with Gasteiger partial charge in [0.25, 0.3) is 5.91 Å². The summed E-state index contributed by atoms with van der Waals surface area (Å²) in [6.45, 7) is 1.82. The lowest BCUT2D eigenvalue weighted by Gasteiger charge is -2.23. The fourth-order valence-electron chi connectivity index (χ4n) is 2.75. The highest BCUT2D eigenvalue weighted by atomic mass is 16.5. The van der Waals surface area contributed by atoms with Gasteiger partial charge in [-0.1, -0.05) is 19.3 Å². The van der Waals surface area contributed by atoms with Crippen LogP contribution in [0.15, 0.2) is 16.7 Å². The summed E-state index contributed by atoms with van der Waals surface area (Å²) in [6.07, 6.45) is 6.14. The molecule has 110 valence electrons. The van der Waals surface area contributed by atoms with Gasteiger partial charge in [-0.2, -0.15) is 0 Å². The first-order valence-electron chi connectivity index (χ1n) is 7.06. The second-order valence-electron chi connectivity index (χ2n) is 5.28. The van der Waals surface area contributed by atoms with Gasteiger partial charge in [0, 0.05) is 11.6 Å². The Balaban J connectivity index is 2.09. The molecule has 1 aliphatic rings. The Hall–Kier alpha value is -1.78. The largest absolute Gasteiger partial charge is 0.469 e. The van der Waals surface area contributed by atoms with Crippen molar-refractivity contribution in [1.29, 1.82) is 0 Å². The number of methoxy groups -OCH3 is 1. The SMILES string of the molecule is COC(=O)[C@@H]1CCCCC[C@H]1NC(=O)c1occc1C. The third kappa shape index (κ3) is 3.21. The molecule has 1 amide bonds. The molecule has 0 saturated heterocycles. The molecule has 1 N–H and O–H groups in total. The maximum Gasteiger partial charge on any atom is 0.310 e. The van der Waals surface area contributed by atoms with Crippen LogP contribution in [0.2, 0.25) is 0 Å². The van der Waals surface area contributed by atoms with Gasteiger partial charge in [0.1, 0.15) is 0 Å². The summed E-state index contributed by atoms with van der Waals surface area (Å²) >= 11 is 0. The van der Waals surface area contributed by atoms with Gasteiger partial charge in [-0.3, -0.25) is 9.59 Å². The lowest BCUT2D eigenvalue weighted by atomic mass is 9.94. The van der Waals surface area contributed by atoms with Crippen molar-refractivity contribution in [3.8, 4) is 0 Å². The minimum Gasteiger partial charge on any atom is -0.469 e. The number of amides is 1. The smallest absolute Gasteiger partial charge is 0.310 e. The van der Waals surface area contributed by atoms with Crippen LogP contribution < -0.4 is 5.32 Å². The standard InChI is InChI=1S/C15H21NO4/c1-10-8-9-20-13(10)14(17)16-12-7-5-3-4-6-11(12)15(18)19-2/h8-9,11-12H,3-7H2,1-2H3,(H,16,17)/t11-,12-/m1/s1. The predicted octanol–water partition coefficient (Wildman–Crippen LogP) is 2.44. The number of carbonyl (C=O) groups is 2. The van der Waals surface area contributed by atoms with Gasteiger partial charge in [-0.25, -0.2) is 0 Å². The first kappa shape index (κ1) is 14.6. The summed E-state index contributed by atoms with van der Waals surface area (Å²) in [5.74, 6) is -0.443. The summed E-state index contributed by atoms with van der Waals surface area (Å²) in [5.41, 5.74) is 0.797. The number of ether oxygens (including phenoxy) is 1. The summed E-state index contributed by atoms with van der Waals surface area (Å²) in [7, 11) is 1.39. The molecule has 5 heteroatoms. The number of hydrogen-bond donors (Lipinski definition) is 1. The van der Waals surface area contributed by atoms with E-state index in [0.29, 0.717) is 5.76 Å². The molecular weight excluding hydrogens is 258 g/mol. The van der Waals surface area contributed by atoms with E-state index >= 15 is 0 Å². The predicted molar refractivity (Wildman–Crippen MR) is 73.3 cm³/mol. The molecule has 0 aliphatic heterocycles. The van der Waals surface area contributed by atoms with Crippen LogP contribution in [0.1, 0.15) is 48.2 Å². The molecule has 1 heterocycles. The third-order valence-corrected chi connectivity index (χ3v) is 3.90. The highest BCUT2D eigenvalue weighted by molar-refractivity contribution is 5.93. The Morgan fingerprint density at radius 2 is 2.05 bits per heavy atom. The van der Waals surface area contributed by atoms with Crippen molar-refractivity contribution in [2.75, 3.05) is 7.11 Å². The fraction of sp³-hybridized carbons (Fsp3) is 0.600. The van der Waals surface area contributed by atoms with Gasteiger partial charge in [-0.05, 0) is 25.8 Å². The molecule has 2 rings (SSSR count). The van der Waals surface area contributed by atoms with Crippen LogP contribution in [0.3, 0.4) is 0 Å². The van der Waals surface area contributed by atoms with E-state index < -0.39 is 0 Å². The van der Waals surface area contributed by atoms with Crippen molar-refractivity contribution in [2.24, 2.45) is 5.92 Å². The van der Waals surface area contributed by atoms with E-state index in [4.69, 9.17) is 9.15 Å². The van der Waals surface area contributed by atoms with E-state index in [2.05, 4.69) is 5.32 Å². The van der Waals surface area contributed by atoms with Crippen molar-refractivity contribution in [2.45, 2.75) is 45.1 Å². The van der Waals surface area contributed by atoms with E-state index in [1.807, 2.05) is 6.92 Å². The maximum atomic E-state index is 12.2. The molecule has 0 spiro atoms. The number of carbonyl (C=O) groups excluding carboxylic acids is 2. The zero-order valence-electron chi connectivity index (χ0n) is 12.0. The van der Waals surface area contributed by atoms with Crippen molar-refractivity contribution in [3.05, 3.63) is 23.7 Å². The van der Waals surface area contributed by atoms with Gasteiger partial charge in [0.15, 0.2) is 5.76 Å². The van der Waals surface area contributed by atoms with E-state index in [0.717, 1.165) is 37.7 Å². The normalized spacial score (nSPS) is 22.9. The van der Waals surface area contributed by atoms with Crippen molar-refractivity contribution in [3.63, 3.8) is 0 Å². The molecule has 2 atom stereocenters. The van der Waals surface area contributed by atoms with E-state index in [1.54, 1.807) is 6.07 Å². The number of rotatable bonds is 3. The van der Waals surface area contributed by atoms with Crippen LogP contribution in [0.25, 0.3) is 0 Å². The van der Waals surface area contributed by atoms with Crippen LogP contribution in [-0.2, 0) is 9.53 Å². The fourth-order valence-corrected chi connectivity index (χ4v) is 2.75. The highest BCUT2D eigenvalue weighted by Crippen LogP contribution is 2.25. The molecule has 0 aromatic carbocycles. The van der Waals surface area contributed by atoms with Gasteiger partial charge >= 0.3 is 5.97 Å². The number of nitrogens with one attached hydrogen (secondary N) is 1. The average molecular weight is 279 g/mol. The van der Waals surface area contributed by atoms with E-state index in [-0.39, 0.29) is 23.8 Å². The van der Waals surface area contributed by atoms with Gasteiger partial charge in [-0.15, -0.1) is 0 Å². The molecule has 0 bridgehead atoms. The zero-order chi connectivity index (χ0) is 14.5. The molecule has 1 fully saturated rings. The Labute approximate surface area is 118 Å². The monoisotopic (exact) mass is 279 g/mol. The Bertz CT molecular complexity index is 480.